The highest BCUT2D eigenvalue weighted by atomic mass is 16.5. The summed E-state index contributed by atoms with van der Waals surface area (Å²) < 4.78 is 22.1. The fourth-order valence-electron chi connectivity index (χ4n) is 3.72. The van der Waals surface area contributed by atoms with Gasteiger partial charge in [-0.25, -0.2) is 0 Å². The molecule has 0 radical (unpaired) electrons. The molecule has 1 aliphatic rings. The topological polar surface area (TPSA) is 71.1 Å². The van der Waals surface area contributed by atoms with Gasteiger partial charge in [-0.1, -0.05) is 30.3 Å². The van der Waals surface area contributed by atoms with Gasteiger partial charge in [-0.05, 0) is 29.3 Å². The molecular weight excluding hydrogens is 382 g/mol. The molecule has 0 bridgehead atoms. The van der Waals surface area contributed by atoms with Crippen molar-refractivity contribution < 1.29 is 23.5 Å². The number of methoxy groups -OCH3 is 3. The lowest BCUT2D eigenvalue weighted by Gasteiger charge is -2.22. The molecule has 0 saturated carbocycles. The van der Waals surface area contributed by atoms with Crippen LogP contribution >= 0.6 is 0 Å². The van der Waals surface area contributed by atoms with Gasteiger partial charge in [0.1, 0.15) is 0 Å². The van der Waals surface area contributed by atoms with Crippen LogP contribution in [0.2, 0.25) is 0 Å². The number of aromatic nitrogens is 2. The van der Waals surface area contributed by atoms with Crippen molar-refractivity contribution in [3.05, 3.63) is 60.0 Å². The van der Waals surface area contributed by atoms with E-state index in [2.05, 4.69) is 40.5 Å². The molecule has 7 heteroatoms. The van der Waals surface area contributed by atoms with Gasteiger partial charge in [0.05, 0.1) is 34.4 Å². The van der Waals surface area contributed by atoms with Gasteiger partial charge >= 0.3 is 0 Å². The van der Waals surface area contributed by atoms with Crippen LogP contribution in [0.25, 0.3) is 17.0 Å². The summed E-state index contributed by atoms with van der Waals surface area (Å²) in [5, 5.41) is 8.47. The van der Waals surface area contributed by atoms with Gasteiger partial charge < -0.3 is 23.5 Å². The van der Waals surface area contributed by atoms with Crippen LogP contribution in [0.4, 0.5) is 0 Å². The minimum absolute atomic E-state index is 0.432. The molecule has 2 aromatic carbocycles. The highest BCUT2D eigenvalue weighted by Crippen LogP contribution is 2.40. The SMILES string of the molecule is COc1cc(-c2nnc(C[NH+]3CC=C(c4ccccc4)CC3)o2)cc(OC)c1OC. The molecular formula is C23H26N3O4+. The number of hydrogen-bond acceptors (Lipinski definition) is 6. The lowest BCUT2D eigenvalue weighted by molar-refractivity contribution is -0.910. The maximum atomic E-state index is 5.94. The van der Waals surface area contributed by atoms with Crippen LogP contribution < -0.4 is 19.1 Å². The van der Waals surface area contributed by atoms with E-state index in [1.807, 2.05) is 6.07 Å². The van der Waals surface area contributed by atoms with Crippen molar-refractivity contribution in [1.82, 2.24) is 10.2 Å². The van der Waals surface area contributed by atoms with Crippen molar-refractivity contribution in [2.45, 2.75) is 13.0 Å². The van der Waals surface area contributed by atoms with Crippen LogP contribution in [0.5, 0.6) is 17.2 Å². The molecule has 7 nitrogen and oxygen atoms in total. The molecule has 4 rings (SSSR count). The van der Waals surface area contributed by atoms with E-state index in [0.29, 0.717) is 35.6 Å². The molecule has 1 unspecified atom stereocenters. The average molecular weight is 408 g/mol. The molecule has 0 aliphatic carbocycles. The number of nitrogens with zero attached hydrogens (tertiary/aromatic N) is 2. The van der Waals surface area contributed by atoms with Crippen molar-refractivity contribution in [3.8, 4) is 28.7 Å². The highest BCUT2D eigenvalue weighted by Gasteiger charge is 2.21. The molecule has 0 amide bonds. The highest BCUT2D eigenvalue weighted by molar-refractivity contribution is 5.66. The zero-order chi connectivity index (χ0) is 20.9. The van der Waals surface area contributed by atoms with Crippen LogP contribution in [0.1, 0.15) is 17.9 Å². The van der Waals surface area contributed by atoms with E-state index in [1.165, 1.54) is 16.0 Å². The first-order chi connectivity index (χ1) is 14.7. The van der Waals surface area contributed by atoms with E-state index in [9.17, 15) is 0 Å². The Morgan fingerprint density at radius 3 is 2.27 bits per heavy atom. The minimum Gasteiger partial charge on any atom is -0.493 e. The number of hydrogen-bond donors (Lipinski definition) is 1. The van der Waals surface area contributed by atoms with Crippen molar-refractivity contribution in [2.75, 3.05) is 34.4 Å². The maximum Gasteiger partial charge on any atom is 0.271 e. The molecule has 1 atom stereocenters. The molecule has 0 spiro atoms. The predicted octanol–water partition coefficient (Wildman–Crippen LogP) is 2.63. The first kappa shape index (κ1) is 20.0. The zero-order valence-electron chi connectivity index (χ0n) is 17.5. The summed E-state index contributed by atoms with van der Waals surface area (Å²) >= 11 is 0. The standard InChI is InChI=1S/C23H25N3O4/c1-27-19-13-18(14-20(28-2)22(19)29-3)23-25-24-21(30-23)15-26-11-9-17(10-12-26)16-7-5-4-6-8-16/h4-9,13-14H,10-12,15H2,1-3H3/p+1. The van der Waals surface area contributed by atoms with E-state index in [4.69, 9.17) is 18.6 Å². The van der Waals surface area contributed by atoms with E-state index < -0.39 is 0 Å². The normalized spacial score (nSPS) is 16.1. The van der Waals surface area contributed by atoms with Crippen molar-refractivity contribution in [3.63, 3.8) is 0 Å². The molecule has 156 valence electrons. The lowest BCUT2D eigenvalue weighted by Crippen LogP contribution is -3.11. The summed E-state index contributed by atoms with van der Waals surface area (Å²) in [4.78, 5) is 1.40. The Morgan fingerprint density at radius 2 is 1.67 bits per heavy atom. The number of benzene rings is 2. The van der Waals surface area contributed by atoms with E-state index >= 15 is 0 Å². The van der Waals surface area contributed by atoms with Gasteiger partial charge in [-0.15, -0.1) is 10.2 Å². The van der Waals surface area contributed by atoms with Gasteiger partial charge in [0, 0.05) is 12.0 Å². The third-order valence-corrected chi connectivity index (χ3v) is 5.31. The van der Waals surface area contributed by atoms with Gasteiger partial charge in [0.25, 0.3) is 5.89 Å². The van der Waals surface area contributed by atoms with Crippen LogP contribution in [-0.4, -0.2) is 44.6 Å². The minimum atomic E-state index is 0.432. The second-order valence-corrected chi connectivity index (χ2v) is 7.14. The Hall–Kier alpha value is -3.32. The summed E-state index contributed by atoms with van der Waals surface area (Å²) in [5.74, 6) is 2.67. The third kappa shape index (κ3) is 4.16. The smallest absolute Gasteiger partial charge is 0.271 e. The molecule has 0 saturated heterocycles. The summed E-state index contributed by atoms with van der Waals surface area (Å²) in [6.07, 6.45) is 3.35. The average Bonchev–Trinajstić information content (AvgIpc) is 3.27. The fourth-order valence-corrected chi connectivity index (χ4v) is 3.72. The molecule has 3 aromatic rings. The van der Waals surface area contributed by atoms with Gasteiger partial charge in [0.2, 0.25) is 11.6 Å². The van der Waals surface area contributed by atoms with Gasteiger partial charge in [-0.2, -0.15) is 0 Å². The molecule has 1 N–H and O–H groups in total. The second kappa shape index (κ2) is 9.00. The first-order valence-electron chi connectivity index (χ1n) is 9.92. The van der Waals surface area contributed by atoms with Crippen molar-refractivity contribution >= 4 is 5.57 Å². The van der Waals surface area contributed by atoms with Gasteiger partial charge in [-0.3, -0.25) is 0 Å². The maximum absolute atomic E-state index is 5.94. The summed E-state index contributed by atoms with van der Waals surface area (Å²) in [6.45, 7) is 2.66. The second-order valence-electron chi connectivity index (χ2n) is 7.14. The van der Waals surface area contributed by atoms with E-state index in [1.54, 1.807) is 33.5 Å². The van der Waals surface area contributed by atoms with Crippen LogP contribution in [0.3, 0.4) is 0 Å². The van der Waals surface area contributed by atoms with Crippen LogP contribution in [0, 0.1) is 0 Å². The Labute approximate surface area is 175 Å². The Balaban J connectivity index is 1.47. The van der Waals surface area contributed by atoms with Gasteiger partial charge in [0.15, 0.2) is 18.0 Å². The van der Waals surface area contributed by atoms with Crippen molar-refractivity contribution in [2.24, 2.45) is 0 Å². The van der Waals surface area contributed by atoms with Crippen LogP contribution in [0.15, 0.2) is 53.0 Å². The first-order valence-corrected chi connectivity index (χ1v) is 9.92. The Morgan fingerprint density at radius 1 is 0.933 bits per heavy atom. The molecule has 0 fully saturated rings. The molecule has 1 aromatic heterocycles. The number of ether oxygens (including phenoxy) is 3. The molecule has 30 heavy (non-hydrogen) atoms. The predicted molar refractivity (Wildman–Crippen MR) is 113 cm³/mol. The lowest BCUT2D eigenvalue weighted by atomic mass is 10.00. The number of quaternary nitrogens is 1. The monoisotopic (exact) mass is 408 g/mol. The molecule has 2 heterocycles. The summed E-state index contributed by atoms with van der Waals surface area (Å²) in [6, 6.07) is 14.2. The molecule has 1 aliphatic heterocycles. The Bertz CT molecular complexity index is 1000. The van der Waals surface area contributed by atoms with Crippen LogP contribution in [-0.2, 0) is 6.54 Å². The third-order valence-electron chi connectivity index (χ3n) is 5.31. The quantitative estimate of drug-likeness (QED) is 0.648. The Kier molecular flexibility index (Phi) is 5.99. The van der Waals surface area contributed by atoms with E-state index in [-0.39, 0.29) is 0 Å². The zero-order valence-corrected chi connectivity index (χ0v) is 17.5. The number of rotatable bonds is 7. The largest absolute Gasteiger partial charge is 0.493 e. The van der Waals surface area contributed by atoms with Crippen molar-refractivity contribution in [1.29, 1.82) is 0 Å². The fraction of sp³-hybridized carbons (Fsp3) is 0.304. The van der Waals surface area contributed by atoms with E-state index in [0.717, 1.165) is 25.1 Å². The number of nitrogens with one attached hydrogen (secondary N) is 1. The summed E-state index contributed by atoms with van der Waals surface area (Å²) in [7, 11) is 4.73. The summed E-state index contributed by atoms with van der Waals surface area (Å²) in [5.41, 5.74) is 3.44.